The number of alkyl halides is 3. The molecule has 0 spiro atoms. The van der Waals surface area contributed by atoms with Crippen LogP contribution in [0.1, 0.15) is 0 Å². The summed E-state index contributed by atoms with van der Waals surface area (Å²) in [5, 5.41) is 3.29. The van der Waals surface area contributed by atoms with Gasteiger partial charge in [0.05, 0.1) is 16.1 Å². The van der Waals surface area contributed by atoms with Crippen LogP contribution in [-0.4, -0.2) is 30.9 Å². The number of rotatable bonds is 5. The molecule has 0 radical (unpaired) electrons. The highest BCUT2D eigenvalue weighted by atomic mass is 79.9. The second-order valence-corrected chi connectivity index (χ2v) is 4.37. The van der Waals surface area contributed by atoms with Crippen molar-refractivity contribution in [3.8, 4) is 0 Å². The molecule has 1 heterocycles. The Balaban J connectivity index is 2.27. The monoisotopic (exact) mass is 332 g/mol. The number of hydrogen-bond acceptors (Lipinski definition) is 3. The molecule has 0 saturated heterocycles. The van der Waals surface area contributed by atoms with E-state index in [1.165, 1.54) is 6.20 Å². The van der Waals surface area contributed by atoms with Gasteiger partial charge in [-0.2, -0.15) is 13.2 Å². The SMILES string of the molecule is FC(F)(F)COCCNc1ncc(Cl)cc1Br. The number of nitrogens with one attached hydrogen (secondary N) is 1. The highest BCUT2D eigenvalue weighted by Gasteiger charge is 2.27. The van der Waals surface area contributed by atoms with Crippen molar-refractivity contribution < 1.29 is 17.9 Å². The highest BCUT2D eigenvalue weighted by molar-refractivity contribution is 9.10. The average Bonchev–Trinajstić information content (AvgIpc) is 2.18. The Hall–Kier alpha value is -0.530. The Labute approximate surface area is 109 Å². The van der Waals surface area contributed by atoms with Crippen molar-refractivity contribution in [1.82, 2.24) is 4.98 Å². The summed E-state index contributed by atoms with van der Waals surface area (Å²) in [7, 11) is 0. The summed E-state index contributed by atoms with van der Waals surface area (Å²) >= 11 is 8.90. The Bertz CT molecular complexity index is 376. The number of pyridine rings is 1. The second-order valence-electron chi connectivity index (χ2n) is 3.08. The molecular formula is C9H9BrClF3N2O. The van der Waals surface area contributed by atoms with Crippen LogP contribution in [0.5, 0.6) is 0 Å². The smallest absolute Gasteiger partial charge is 0.370 e. The van der Waals surface area contributed by atoms with Crippen LogP contribution in [0.4, 0.5) is 19.0 Å². The standard InChI is InChI=1S/C9H9BrClF3N2O/c10-7-3-6(11)4-16-8(7)15-1-2-17-5-9(12,13)14/h3-4H,1-2,5H2,(H,15,16). The molecule has 1 aromatic rings. The van der Waals surface area contributed by atoms with Crippen LogP contribution in [0.25, 0.3) is 0 Å². The van der Waals surface area contributed by atoms with Crippen molar-refractivity contribution in [1.29, 1.82) is 0 Å². The number of anilines is 1. The highest BCUT2D eigenvalue weighted by Crippen LogP contribution is 2.22. The first-order valence-electron chi connectivity index (χ1n) is 4.58. The van der Waals surface area contributed by atoms with E-state index in [4.69, 9.17) is 11.6 Å². The van der Waals surface area contributed by atoms with Crippen molar-refractivity contribution >= 4 is 33.3 Å². The molecule has 8 heteroatoms. The zero-order valence-electron chi connectivity index (χ0n) is 8.52. The lowest BCUT2D eigenvalue weighted by Crippen LogP contribution is -2.20. The summed E-state index contributed by atoms with van der Waals surface area (Å²) in [5.74, 6) is 0.505. The predicted molar refractivity (Wildman–Crippen MR) is 62.3 cm³/mol. The third-order valence-electron chi connectivity index (χ3n) is 1.61. The van der Waals surface area contributed by atoms with E-state index in [1.54, 1.807) is 6.07 Å². The Morgan fingerprint density at radius 3 is 2.76 bits per heavy atom. The minimum absolute atomic E-state index is 0.0593. The van der Waals surface area contributed by atoms with Gasteiger partial charge in [0.25, 0.3) is 0 Å². The van der Waals surface area contributed by atoms with Crippen LogP contribution in [-0.2, 0) is 4.74 Å². The molecule has 0 aliphatic rings. The van der Waals surface area contributed by atoms with Gasteiger partial charge in [0.1, 0.15) is 12.4 Å². The average molecular weight is 334 g/mol. The fourth-order valence-electron chi connectivity index (χ4n) is 0.974. The van der Waals surface area contributed by atoms with Gasteiger partial charge in [-0.05, 0) is 22.0 Å². The van der Waals surface area contributed by atoms with Crippen molar-refractivity contribution in [3.05, 3.63) is 21.8 Å². The van der Waals surface area contributed by atoms with Gasteiger partial charge in [0, 0.05) is 12.7 Å². The molecule has 0 aliphatic carbocycles. The molecule has 0 saturated carbocycles. The van der Waals surface area contributed by atoms with Crippen LogP contribution in [0.3, 0.4) is 0 Å². The van der Waals surface area contributed by atoms with Crippen LogP contribution < -0.4 is 5.32 Å². The fraction of sp³-hybridized carbons (Fsp3) is 0.444. The largest absolute Gasteiger partial charge is 0.411 e. The van der Waals surface area contributed by atoms with Crippen LogP contribution in [0, 0.1) is 0 Å². The molecule has 0 unspecified atom stereocenters. The lowest BCUT2D eigenvalue weighted by atomic mass is 10.4. The van der Waals surface area contributed by atoms with Crippen molar-refractivity contribution in [2.45, 2.75) is 6.18 Å². The number of ether oxygens (including phenoxy) is 1. The summed E-state index contributed by atoms with van der Waals surface area (Å²) in [6, 6.07) is 1.63. The van der Waals surface area contributed by atoms with Gasteiger partial charge in [-0.3, -0.25) is 0 Å². The maximum absolute atomic E-state index is 11.7. The van der Waals surface area contributed by atoms with E-state index in [2.05, 4.69) is 31.0 Å². The van der Waals surface area contributed by atoms with Gasteiger partial charge in [-0.1, -0.05) is 11.6 Å². The second kappa shape index (κ2) is 6.42. The first-order chi connectivity index (χ1) is 7.88. The topological polar surface area (TPSA) is 34.1 Å². The van der Waals surface area contributed by atoms with Crippen LogP contribution in [0.15, 0.2) is 16.7 Å². The van der Waals surface area contributed by atoms with Gasteiger partial charge in [-0.25, -0.2) is 4.98 Å². The Kier molecular flexibility index (Phi) is 5.48. The molecule has 1 aromatic heterocycles. The van der Waals surface area contributed by atoms with E-state index in [0.29, 0.717) is 15.3 Å². The van der Waals surface area contributed by atoms with E-state index in [0.717, 1.165) is 0 Å². The molecule has 0 bridgehead atoms. The van der Waals surface area contributed by atoms with Crippen molar-refractivity contribution in [3.63, 3.8) is 0 Å². The molecular weight excluding hydrogens is 324 g/mol. The summed E-state index contributed by atoms with van der Waals surface area (Å²) < 4.78 is 40.3. The normalized spacial score (nSPS) is 11.6. The Morgan fingerprint density at radius 2 is 2.18 bits per heavy atom. The molecule has 1 N–H and O–H groups in total. The Morgan fingerprint density at radius 1 is 1.47 bits per heavy atom. The molecule has 0 fully saturated rings. The van der Waals surface area contributed by atoms with E-state index < -0.39 is 12.8 Å². The molecule has 0 amide bonds. The summed E-state index contributed by atoms with van der Waals surface area (Å²) in [6.45, 7) is -1.08. The van der Waals surface area contributed by atoms with E-state index >= 15 is 0 Å². The van der Waals surface area contributed by atoms with Crippen LogP contribution in [0.2, 0.25) is 5.02 Å². The van der Waals surface area contributed by atoms with Gasteiger partial charge < -0.3 is 10.1 Å². The molecule has 0 atom stereocenters. The molecule has 1 rings (SSSR count). The minimum Gasteiger partial charge on any atom is -0.370 e. The molecule has 0 aromatic carbocycles. The lowest BCUT2D eigenvalue weighted by molar-refractivity contribution is -0.172. The quantitative estimate of drug-likeness (QED) is 0.838. The summed E-state index contributed by atoms with van der Waals surface area (Å²) in [6.07, 6.45) is -2.86. The fourth-order valence-corrected chi connectivity index (χ4v) is 1.75. The zero-order valence-corrected chi connectivity index (χ0v) is 10.9. The molecule has 3 nitrogen and oxygen atoms in total. The van der Waals surface area contributed by atoms with Crippen molar-refractivity contribution in [2.24, 2.45) is 0 Å². The predicted octanol–water partition coefficient (Wildman–Crippen LogP) is 3.49. The summed E-state index contributed by atoms with van der Waals surface area (Å²) in [5.41, 5.74) is 0. The number of nitrogens with zero attached hydrogens (tertiary/aromatic N) is 1. The first-order valence-corrected chi connectivity index (χ1v) is 5.75. The summed E-state index contributed by atoms with van der Waals surface area (Å²) in [4.78, 5) is 3.96. The van der Waals surface area contributed by atoms with Gasteiger partial charge in [0.15, 0.2) is 0 Å². The zero-order chi connectivity index (χ0) is 12.9. The molecule has 17 heavy (non-hydrogen) atoms. The number of aromatic nitrogens is 1. The van der Waals surface area contributed by atoms with Gasteiger partial charge >= 0.3 is 6.18 Å². The van der Waals surface area contributed by atoms with Gasteiger partial charge in [-0.15, -0.1) is 0 Å². The molecule has 0 aliphatic heterocycles. The first kappa shape index (κ1) is 14.5. The maximum atomic E-state index is 11.7. The third kappa shape index (κ3) is 6.09. The number of hydrogen-bond donors (Lipinski definition) is 1. The van der Waals surface area contributed by atoms with Gasteiger partial charge in [0.2, 0.25) is 0 Å². The third-order valence-corrected chi connectivity index (χ3v) is 2.42. The van der Waals surface area contributed by atoms with Crippen LogP contribution >= 0.6 is 27.5 Å². The maximum Gasteiger partial charge on any atom is 0.411 e. The lowest BCUT2D eigenvalue weighted by Gasteiger charge is -2.09. The number of halogens is 5. The van der Waals surface area contributed by atoms with Crippen molar-refractivity contribution in [2.75, 3.05) is 25.1 Å². The van der Waals surface area contributed by atoms with E-state index in [9.17, 15) is 13.2 Å². The van der Waals surface area contributed by atoms with E-state index in [-0.39, 0.29) is 13.2 Å². The van der Waals surface area contributed by atoms with E-state index in [1.807, 2.05) is 0 Å². The molecule has 96 valence electrons. The minimum atomic E-state index is -4.29.